The highest BCUT2D eigenvalue weighted by Crippen LogP contribution is 2.24. The molecule has 0 aliphatic carbocycles. The van der Waals surface area contributed by atoms with E-state index in [1.54, 1.807) is 12.1 Å². The molecular formula is C16H16Cl2N2O4S. The quantitative estimate of drug-likeness (QED) is 0.724. The first-order valence-electron chi connectivity index (χ1n) is 7.23. The van der Waals surface area contributed by atoms with Gasteiger partial charge in [0.15, 0.2) is 0 Å². The molecule has 2 aromatic rings. The Morgan fingerprint density at radius 3 is 2.32 bits per heavy atom. The van der Waals surface area contributed by atoms with Crippen molar-refractivity contribution in [2.75, 3.05) is 0 Å². The molecule has 25 heavy (non-hydrogen) atoms. The second kappa shape index (κ2) is 8.05. The van der Waals surface area contributed by atoms with Gasteiger partial charge < -0.3 is 4.74 Å². The third-order valence-electron chi connectivity index (χ3n) is 2.97. The minimum atomic E-state index is -4.06. The molecule has 134 valence electrons. The predicted molar refractivity (Wildman–Crippen MR) is 96.5 cm³/mol. The first kappa shape index (κ1) is 19.5. The van der Waals surface area contributed by atoms with Gasteiger partial charge in [0.05, 0.1) is 11.1 Å². The summed E-state index contributed by atoms with van der Waals surface area (Å²) < 4.78 is 29.9. The molecule has 0 aliphatic rings. The van der Waals surface area contributed by atoms with Gasteiger partial charge in [-0.1, -0.05) is 23.2 Å². The standard InChI is InChI=1S/C16H16Cl2N2O4S/c1-10(2)24-13-6-3-11(4-7-13)16(21)19-20-25(22,23)15-9-12(17)5-8-14(15)18/h3-10,20H,1-2H3,(H,19,21). The Morgan fingerprint density at radius 2 is 1.72 bits per heavy atom. The van der Waals surface area contributed by atoms with Gasteiger partial charge in [-0.2, -0.15) is 0 Å². The predicted octanol–water partition coefficient (Wildman–Crippen LogP) is 3.40. The SMILES string of the molecule is CC(C)Oc1ccc(C(=O)NNS(=O)(=O)c2cc(Cl)ccc2Cl)cc1. The molecule has 6 nitrogen and oxygen atoms in total. The zero-order valence-corrected chi connectivity index (χ0v) is 15.7. The maximum absolute atomic E-state index is 12.2. The van der Waals surface area contributed by atoms with Gasteiger partial charge in [-0.3, -0.25) is 10.2 Å². The molecule has 0 atom stereocenters. The van der Waals surface area contributed by atoms with E-state index in [4.69, 9.17) is 27.9 Å². The van der Waals surface area contributed by atoms with Crippen molar-refractivity contribution >= 4 is 39.1 Å². The number of rotatable bonds is 6. The fourth-order valence-corrected chi connectivity index (χ4v) is 3.48. The number of hydrogen-bond donors (Lipinski definition) is 2. The van der Waals surface area contributed by atoms with Crippen molar-refractivity contribution in [3.63, 3.8) is 0 Å². The van der Waals surface area contributed by atoms with Gasteiger partial charge >= 0.3 is 0 Å². The molecule has 0 spiro atoms. The van der Waals surface area contributed by atoms with Crippen LogP contribution in [0.1, 0.15) is 24.2 Å². The molecule has 0 aliphatic heterocycles. The zero-order valence-electron chi connectivity index (χ0n) is 13.4. The van der Waals surface area contributed by atoms with Crippen LogP contribution in [-0.2, 0) is 10.0 Å². The summed E-state index contributed by atoms with van der Waals surface area (Å²) in [6, 6.07) is 10.3. The lowest BCUT2D eigenvalue weighted by atomic mass is 10.2. The van der Waals surface area contributed by atoms with Crippen LogP contribution in [0, 0.1) is 0 Å². The van der Waals surface area contributed by atoms with E-state index >= 15 is 0 Å². The van der Waals surface area contributed by atoms with Crippen molar-refractivity contribution in [2.24, 2.45) is 0 Å². The minimum Gasteiger partial charge on any atom is -0.491 e. The largest absolute Gasteiger partial charge is 0.491 e. The molecule has 2 rings (SSSR count). The molecule has 0 saturated carbocycles. The second-order valence-electron chi connectivity index (χ2n) is 5.33. The Labute approximate surface area is 156 Å². The first-order chi connectivity index (χ1) is 11.7. The number of sulfonamides is 1. The number of hydrazine groups is 1. The summed E-state index contributed by atoms with van der Waals surface area (Å²) in [5.41, 5.74) is 2.39. The van der Waals surface area contributed by atoms with Crippen LogP contribution in [0.3, 0.4) is 0 Å². The number of benzene rings is 2. The van der Waals surface area contributed by atoms with Crippen molar-refractivity contribution in [3.05, 3.63) is 58.1 Å². The van der Waals surface area contributed by atoms with E-state index in [2.05, 4.69) is 5.43 Å². The Bertz CT molecular complexity index is 868. The fraction of sp³-hybridized carbons (Fsp3) is 0.188. The normalized spacial score (nSPS) is 11.4. The van der Waals surface area contributed by atoms with Gasteiger partial charge in [0.2, 0.25) is 0 Å². The number of ether oxygens (including phenoxy) is 1. The molecule has 0 unspecified atom stereocenters. The van der Waals surface area contributed by atoms with Crippen LogP contribution in [0.2, 0.25) is 10.0 Å². The van der Waals surface area contributed by atoms with Crippen molar-refractivity contribution < 1.29 is 17.9 Å². The van der Waals surface area contributed by atoms with Crippen LogP contribution in [-0.4, -0.2) is 20.4 Å². The Morgan fingerprint density at radius 1 is 1.08 bits per heavy atom. The molecule has 0 fully saturated rings. The van der Waals surface area contributed by atoms with Crippen molar-refractivity contribution in [3.8, 4) is 5.75 Å². The van der Waals surface area contributed by atoms with Gasteiger partial charge in [0, 0.05) is 10.6 Å². The maximum Gasteiger partial charge on any atom is 0.266 e. The molecule has 0 heterocycles. The van der Waals surface area contributed by atoms with Gasteiger partial charge in [-0.05, 0) is 56.3 Å². The topological polar surface area (TPSA) is 84.5 Å². The van der Waals surface area contributed by atoms with E-state index in [0.29, 0.717) is 5.75 Å². The molecule has 0 bridgehead atoms. The monoisotopic (exact) mass is 402 g/mol. The molecule has 2 aromatic carbocycles. The lowest BCUT2D eigenvalue weighted by Crippen LogP contribution is -2.41. The summed E-state index contributed by atoms with van der Waals surface area (Å²) in [4.78, 5) is 13.8. The Kier molecular flexibility index (Phi) is 6.29. The fourth-order valence-electron chi connectivity index (χ4n) is 1.88. The number of hydrogen-bond acceptors (Lipinski definition) is 4. The highest BCUT2D eigenvalue weighted by atomic mass is 35.5. The summed E-state index contributed by atoms with van der Waals surface area (Å²) in [7, 11) is -4.06. The van der Waals surface area contributed by atoms with E-state index in [0.717, 1.165) is 0 Å². The highest BCUT2D eigenvalue weighted by molar-refractivity contribution is 7.89. The lowest BCUT2D eigenvalue weighted by molar-refractivity contribution is 0.0945. The van der Waals surface area contributed by atoms with Crippen molar-refractivity contribution in [1.82, 2.24) is 10.3 Å². The number of halogens is 2. The smallest absolute Gasteiger partial charge is 0.266 e. The summed E-state index contributed by atoms with van der Waals surface area (Å²) in [6.07, 6.45) is 0.00827. The summed E-state index contributed by atoms with van der Waals surface area (Å²) >= 11 is 11.6. The Hall–Kier alpha value is -1.80. The number of nitrogens with one attached hydrogen (secondary N) is 2. The van der Waals surface area contributed by atoms with Crippen LogP contribution in [0.4, 0.5) is 0 Å². The zero-order chi connectivity index (χ0) is 18.6. The molecule has 2 N–H and O–H groups in total. The van der Waals surface area contributed by atoms with Crippen molar-refractivity contribution in [2.45, 2.75) is 24.8 Å². The van der Waals surface area contributed by atoms with E-state index in [9.17, 15) is 13.2 Å². The third-order valence-corrected chi connectivity index (χ3v) is 4.93. The molecule has 0 saturated heterocycles. The second-order valence-corrected chi connectivity index (χ2v) is 7.82. The van der Waals surface area contributed by atoms with Crippen LogP contribution in [0.15, 0.2) is 47.4 Å². The molecule has 9 heteroatoms. The van der Waals surface area contributed by atoms with E-state index in [1.807, 2.05) is 18.7 Å². The summed E-state index contributed by atoms with van der Waals surface area (Å²) in [5.74, 6) is -0.0179. The molecular weight excluding hydrogens is 387 g/mol. The highest BCUT2D eigenvalue weighted by Gasteiger charge is 2.19. The summed E-state index contributed by atoms with van der Waals surface area (Å²) in [6.45, 7) is 3.77. The van der Waals surface area contributed by atoms with Gasteiger partial charge in [-0.25, -0.2) is 8.42 Å². The molecule has 0 radical (unpaired) electrons. The van der Waals surface area contributed by atoms with Crippen LogP contribution in [0.25, 0.3) is 0 Å². The number of amides is 1. The van der Waals surface area contributed by atoms with E-state index in [-0.39, 0.29) is 26.6 Å². The van der Waals surface area contributed by atoms with Crippen LogP contribution < -0.4 is 15.0 Å². The Balaban J connectivity index is 2.07. The average Bonchev–Trinajstić information content (AvgIpc) is 2.55. The van der Waals surface area contributed by atoms with Crippen LogP contribution >= 0.6 is 23.2 Å². The van der Waals surface area contributed by atoms with Gasteiger partial charge in [-0.15, -0.1) is 4.83 Å². The third kappa shape index (κ3) is 5.34. The van der Waals surface area contributed by atoms with E-state index < -0.39 is 15.9 Å². The molecule has 1 amide bonds. The van der Waals surface area contributed by atoms with Gasteiger partial charge in [0.25, 0.3) is 15.9 Å². The summed E-state index contributed by atoms with van der Waals surface area (Å²) in [5, 5.41) is 0.193. The van der Waals surface area contributed by atoms with Gasteiger partial charge in [0.1, 0.15) is 10.6 Å². The minimum absolute atomic E-state index is 0.00827. The maximum atomic E-state index is 12.2. The average molecular weight is 403 g/mol. The van der Waals surface area contributed by atoms with Crippen molar-refractivity contribution in [1.29, 1.82) is 0 Å². The molecule has 0 aromatic heterocycles. The number of carbonyl (C=O) groups is 1. The lowest BCUT2D eigenvalue weighted by Gasteiger charge is -2.11. The number of carbonyl (C=O) groups excluding carboxylic acids is 1. The first-order valence-corrected chi connectivity index (χ1v) is 9.47. The van der Waals surface area contributed by atoms with E-state index in [1.165, 1.54) is 30.3 Å². The van der Waals surface area contributed by atoms with Crippen LogP contribution in [0.5, 0.6) is 5.75 Å².